The second kappa shape index (κ2) is 4.38. The zero-order valence-corrected chi connectivity index (χ0v) is 8.15. The Bertz CT molecular complexity index is 263. The lowest BCUT2D eigenvalue weighted by Gasteiger charge is -2.04. The number of aryl methyl sites for hydroxylation is 1. The van der Waals surface area contributed by atoms with Crippen LogP contribution in [0.2, 0.25) is 0 Å². The van der Waals surface area contributed by atoms with Crippen molar-refractivity contribution in [1.82, 2.24) is 0 Å². The van der Waals surface area contributed by atoms with Gasteiger partial charge >= 0.3 is 0 Å². The van der Waals surface area contributed by atoms with Crippen molar-refractivity contribution in [1.29, 1.82) is 0 Å². The summed E-state index contributed by atoms with van der Waals surface area (Å²) >= 11 is 1.61. The number of anilines is 1. The minimum absolute atomic E-state index is 0.646. The van der Waals surface area contributed by atoms with Gasteiger partial charge in [-0.2, -0.15) is 0 Å². The summed E-state index contributed by atoms with van der Waals surface area (Å²) in [5, 5.41) is 0. The number of hydrogen-bond donors (Lipinski definition) is 1. The molecule has 0 radical (unpaired) electrons. The SMILES string of the molecule is COCSc1cc(C)ccc1N. The zero-order chi connectivity index (χ0) is 8.97. The monoisotopic (exact) mass is 183 g/mol. The number of nitrogen functional groups attached to an aromatic ring is 1. The molecule has 1 aromatic rings. The van der Waals surface area contributed by atoms with Crippen molar-refractivity contribution in [3.8, 4) is 0 Å². The Morgan fingerprint density at radius 2 is 2.25 bits per heavy atom. The Kier molecular flexibility index (Phi) is 3.44. The number of ether oxygens (including phenoxy) is 1. The van der Waals surface area contributed by atoms with Crippen LogP contribution in [0, 0.1) is 6.92 Å². The lowest BCUT2D eigenvalue weighted by atomic mass is 10.2. The third-order valence-electron chi connectivity index (χ3n) is 1.50. The maximum absolute atomic E-state index is 5.75. The molecule has 0 aliphatic rings. The van der Waals surface area contributed by atoms with Gasteiger partial charge < -0.3 is 10.5 Å². The molecule has 0 spiro atoms. The van der Waals surface area contributed by atoms with Gasteiger partial charge in [0.1, 0.15) is 0 Å². The molecule has 3 heteroatoms. The van der Waals surface area contributed by atoms with Crippen molar-refractivity contribution in [3.05, 3.63) is 23.8 Å². The first-order valence-electron chi connectivity index (χ1n) is 3.72. The van der Waals surface area contributed by atoms with E-state index in [4.69, 9.17) is 10.5 Å². The highest BCUT2D eigenvalue weighted by Gasteiger charge is 1.98. The third-order valence-corrected chi connectivity index (χ3v) is 2.52. The lowest BCUT2D eigenvalue weighted by Crippen LogP contribution is -1.90. The van der Waals surface area contributed by atoms with Crippen LogP contribution in [-0.2, 0) is 4.74 Å². The summed E-state index contributed by atoms with van der Waals surface area (Å²) in [5.74, 6) is 0.646. The summed E-state index contributed by atoms with van der Waals surface area (Å²) < 4.78 is 4.95. The van der Waals surface area contributed by atoms with Crippen LogP contribution in [0.4, 0.5) is 5.69 Å². The van der Waals surface area contributed by atoms with E-state index < -0.39 is 0 Å². The highest BCUT2D eigenvalue weighted by atomic mass is 32.2. The standard InChI is InChI=1S/C9H13NOS/c1-7-3-4-8(10)9(5-7)12-6-11-2/h3-5H,6,10H2,1-2H3. The summed E-state index contributed by atoms with van der Waals surface area (Å²) in [5.41, 5.74) is 7.80. The molecule has 0 bridgehead atoms. The van der Waals surface area contributed by atoms with Gasteiger partial charge in [-0.05, 0) is 24.6 Å². The van der Waals surface area contributed by atoms with Crippen LogP contribution in [0.3, 0.4) is 0 Å². The first kappa shape index (κ1) is 9.42. The van der Waals surface area contributed by atoms with Gasteiger partial charge in [-0.1, -0.05) is 17.8 Å². The molecule has 0 amide bonds. The average molecular weight is 183 g/mol. The molecule has 0 saturated heterocycles. The molecule has 0 heterocycles. The number of methoxy groups -OCH3 is 1. The molecule has 0 saturated carbocycles. The van der Waals surface area contributed by atoms with E-state index in [1.54, 1.807) is 18.9 Å². The van der Waals surface area contributed by atoms with E-state index in [0.717, 1.165) is 10.6 Å². The normalized spacial score (nSPS) is 10.2. The molecule has 0 fully saturated rings. The zero-order valence-electron chi connectivity index (χ0n) is 7.33. The minimum Gasteiger partial charge on any atom is -0.398 e. The van der Waals surface area contributed by atoms with Crippen molar-refractivity contribution in [3.63, 3.8) is 0 Å². The van der Waals surface area contributed by atoms with Crippen molar-refractivity contribution in [2.24, 2.45) is 0 Å². The molecule has 0 unspecified atom stereocenters. The maximum atomic E-state index is 5.75. The van der Waals surface area contributed by atoms with Crippen molar-refractivity contribution >= 4 is 17.4 Å². The van der Waals surface area contributed by atoms with E-state index in [1.807, 2.05) is 12.1 Å². The first-order chi connectivity index (χ1) is 5.74. The number of benzene rings is 1. The van der Waals surface area contributed by atoms with E-state index in [1.165, 1.54) is 5.56 Å². The summed E-state index contributed by atoms with van der Waals surface area (Å²) in [6, 6.07) is 6.00. The topological polar surface area (TPSA) is 35.2 Å². The minimum atomic E-state index is 0.646. The molecule has 1 aromatic carbocycles. The number of thioether (sulfide) groups is 1. The number of nitrogens with two attached hydrogens (primary N) is 1. The Hall–Kier alpha value is -0.670. The van der Waals surface area contributed by atoms with Crippen LogP contribution >= 0.6 is 11.8 Å². The Morgan fingerprint density at radius 3 is 2.92 bits per heavy atom. The average Bonchev–Trinajstić information content (AvgIpc) is 2.07. The Balaban J connectivity index is 2.75. The van der Waals surface area contributed by atoms with Crippen molar-refractivity contribution in [2.45, 2.75) is 11.8 Å². The maximum Gasteiger partial charge on any atom is 0.0963 e. The molecular weight excluding hydrogens is 170 g/mol. The molecule has 1 rings (SSSR count). The molecule has 2 N–H and O–H groups in total. The predicted octanol–water partition coefficient (Wildman–Crippen LogP) is 2.27. The molecular formula is C9H13NOS. The highest BCUT2D eigenvalue weighted by Crippen LogP contribution is 2.25. The second-order valence-corrected chi connectivity index (χ2v) is 3.56. The van der Waals surface area contributed by atoms with E-state index >= 15 is 0 Å². The molecule has 0 aromatic heterocycles. The largest absolute Gasteiger partial charge is 0.398 e. The Labute approximate surface area is 77.1 Å². The van der Waals surface area contributed by atoms with Crippen LogP contribution < -0.4 is 5.73 Å². The predicted molar refractivity (Wildman–Crippen MR) is 53.3 cm³/mol. The van der Waals surface area contributed by atoms with Crippen LogP contribution in [0.1, 0.15) is 5.56 Å². The fourth-order valence-electron chi connectivity index (χ4n) is 0.889. The number of hydrogen-bond acceptors (Lipinski definition) is 3. The van der Waals surface area contributed by atoms with Gasteiger partial charge in [0.2, 0.25) is 0 Å². The van der Waals surface area contributed by atoms with E-state index in [-0.39, 0.29) is 0 Å². The highest BCUT2D eigenvalue weighted by molar-refractivity contribution is 7.99. The van der Waals surface area contributed by atoms with E-state index in [9.17, 15) is 0 Å². The molecule has 2 nitrogen and oxygen atoms in total. The van der Waals surface area contributed by atoms with Crippen LogP contribution in [0.5, 0.6) is 0 Å². The molecule has 0 aliphatic heterocycles. The van der Waals surface area contributed by atoms with Crippen molar-refractivity contribution < 1.29 is 4.74 Å². The van der Waals surface area contributed by atoms with Crippen LogP contribution in [-0.4, -0.2) is 13.0 Å². The summed E-state index contributed by atoms with van der Waals surface area (Å²) in [7, 11) is 1.68. The number of rotatable bonds is 3. The van der Waals surface area contributed by atoms with Gasteiger partial charge in [0, 0.05) is 17.7 Å². The molecule has 12 heavy (non-hydrogen) atoms. The summed E-state index contributed by atoms with van der Waals surface area (Å²) in [6.45, 7) is 2.05. The Morgan fingerprint density at radius 1 is 1.50 bits per heavy atom. The third kappa shape index (κ3) is 2.43. The smallest absolute Gasteiger partial charge is 0.0963 e. The van der Waals surface area contributed by atoms with Gasteiger partial charge in [0.05, 0.1) is 5.94 Å². The summed E-state index contributed by atoms with van der Waals surface area (Å²) in [4.78, 5) is 1.09. The summed E-state index contributed by atoms with van der Waals surface area (Å²) in [6.07, 6.45) is 0. The molecule has 0 aliphatic carbocycles. The second-order valence-electron chi connectivity index (χ2n) is 2.59. The van der Waals surface area contributed by atoms with Gasteiger partial charge in [-0.25, -0.2) is 0 Å². The van der Waals surface area contributed by atoms with E-state index in [2.05, 4.69) is 13.0 Å². The first-order valence-corrected chi connectivity index (χ1v) is 4.70. The van der Waals surface area contributed by atoms with Crippen molar-refractivity contribution in [2.75, 3.05) is 18.8 Å². The van der Waals surface area contributed by atoms with Crippen LogP contribution in [0.15, 0.2) is 23.1 Å². The lowest BCUT2D eigenvalue weighted by molar-refractivity contribution is 0.259. The molecule has 66 valence electrons. The van der Waals surface area contributed by atoms with Crippen LogP contribution in [0.25, 0.3) is 0 Å². The van der Waals surface area contributed by atoms with Gasteiger partial charge in [-0.3, -0.25) is 0 Å². The fraction of sp³-hybridized carbons (Fsp3) is 0.333. The van der Waals surface area contributed by atoms with Gasteiger partial charge in [0.15, 0.2) is 0 Å². The quantitative estimate of drug-likeness (QED) is 0.443. The fourth-order valence-corrected chi connectivity index (χ4v) is 1.64. The molecule has 0 atom stereocenters. The van der Waals surface area contributed by atoms with Gasteiger partial charge in [-0.15, -0.1) is 0 Å². The van der Waals surface area contributed by atoms with Gasteiger partial charge in [0.25, 0.3) is 0 Å². The van der Waals surface area contributed by atoms with E-state index in [0.29, 0.717) is 5.94 Å².